The molecule has 2 aromatic rings. The molecule has 0 aliphatic carbocycles. The van der Waals surface area contributed by atoms with Gasteiger partial charge in [-0.05, 0) is 65.2 Å². The molecular weight excluding hydrogens is 697 g/mol. The maximum atomic E-state index is 14.6. The number of hydrogen-bond donors (Lipinski definition) is 1. The van der Waals surface area contributed by atoms with Crippen LogP contribution in [0.25, 0.3) is 6.08 Å². The quantitative estimate of drug-likeness (QED) is 0.398. The van der Waals surface area contributed by atoms with Crippen molar-refractivity contribution >= 4 is 57.0 Å². The molecule has 2 unspecified atom stereocenters. The summed E-state index contributed by atoms with van der Waals surface area (Å²) in [4.78, 5) is 57.1. The van der Waals surface area contributed by atoms with Gasteiger partial charge in [0.1, 0.15) is 38.2 Å². The summed E-state index contributed by atoms with van der Waals surface area (Å²) in [6, 6.07) is -0.725. The molecule has 3 aliphatic heterocycles. The second-order valence-corrected chi connectivity index (χ2v) is 15.9. The van der Waals surface area contributed by atoms with Crippen LogP contribution in [0.4, 0.5) is 0 Å². The van der Waals surface area contributed by atoms with Gasteiger partial charge in [0.15, 0.2) is 17.8 Å². The number of thiazole rings is 1. The van der Waals surface area contributed by atoms with Crippen molar-refractivity contribution in [2.75, 3.05) is 13.7 Å². The van der Waals surface area contributed by atoms with E-state index in [2.05, 4.69) is 4.98 Å². The highest BCUT2D eigenvalue weighted by molar-refractivity contribution is 8.13. The van der Waals surface area contributed by atoms with Crippen LogP contribution in [0.15, 0.2) is 48.9 Å². The van der Waals surface area contributed by atoms with Crippen molar-refractivity contribution in [3.05, 3.63) is 68.1 Å². The Labute approximate surface area is 294 Å². The minimum atomic E-state index is -2.29. The van der Waals surface area contributed by atoms with Crippen molar-refractivity contribution < 1.29 is 46.7 Å². The number of aryl methyl sites for hydroxylation is 1. The van der Waals surface area contributed by atoms with Crippen LogP contribution >= 0.6 is 23.1 Å². The largest absolute Gasteiger partial charge is 0.519 e. The summed E-state index contributed by atoms with van der Waals surface area (Å²) in [6.07, 6.45) is 7.07. The van der Waals surface area contributed by atoms with Gasteiger partial charge in [0, 0.05) is 18.9 Å². The van der Waals surface area contributed by atoms with Gasteiger partial charge in [0.05, 0.1) is 36.6 Å². The second kappa shape index (κ2) is 15.5. The fourth-order valence-electron chi connectivity index (χ4n) is 5.95. The fourth-order valence-corrected chi connectivity index (χ4v) is 9.89. The molecular formula is C33H40N2O11S3. The first-order valence-corrected chi connectivity index (χ1v) is 18.8. The number of carbonyl (C=O) groups excluding carboxylic acids is 3. The molecule has 16 heteroatoms. The van der Waals surface area contributed by atoms with E-state index in [4.69, 9.17) is 23.0 Å². The van der Waals surface area contributed by atoms with Crippen LogP contribution in [-0.4, -0.2) is 78.0 Å². The van der Waals surface area contributed by atoms with Crippen LogP contribution in [0.1, 0.15) is 81.1 Å². The predicted octanol–water partition coefficient (Wildman–Crippen LogP) is 4.32. The first-order valence-electron chi connectivity index (χ1n) is 15.8. The fraction of sp³-hybridized carbons (Fsp3) is 0.545. The first-order chi connectivity index (χ1) is 23.3. The van der Waals surface area contributed by atoms with E-state index >= 15 is 0 Å². The average Bonchev–Trinajstić information content (AvgIpc) is 3.74. The maximum absolute atomic E-state index is 14.6. The van der Waals surface area contributed by atoms with Crippen LogP contribution in [0.3, 0.4) is 0 Å². The molecule has 2 fully saturated rings. The third-order valence-corrected chi connectivity index (χ3v) is 13.4. The Morgan fingerprint density at radius 1 is 1.24 bits per heavy atom. The van der Waals surface area contributed by atoms with Crippen molar-refractivity contribution in [3.8, 4) is 0 Å². The number of aliphatic hydroxyl groups is 1. The molecule has 1 N–H and O–H groups in total. The van der Waals surface area contributed by atoms with Crippen molar-refractivity contribution in [3.63, 3.8) is 0 Å². The number of carbonyl (C=O) groups is 3. The number of rotatable bonds is 7. The van der Waals surface area contributed by atoms with Gasteiger partial charge in [-0.25, -0.2) is 14.0 Å². The van der Waals surface area contributed by atoms with E-state index in [0.29, 0.717) is 47.5 Å². The number of amides is 1. The van der Waals surface area contributed by atoms with E-state index < -0.39 is 56.6 Å². The van der Waals surface area contributed by atoms with Gasteiger partial charge < -0.3 is 28.2 Å². The summed E-state index contributed by atoms with van der Waals surface area (Å²) in [5, 5.41) is 13.6. The maximum Gasteiger partial charge on any atom is 0.519 e. The van der Waals surface area contributed by atoms with E-state index in [9.17, 15) is 28.5 Å². The molecule has 0 saturated carbocycles. The van der Waals surface area contributed by atoms with E-state index in [1.54, 1.807) is 50.6 Å². The first kappa shape index (κ1) is 37.3. The molecule has 0 radical (unpaired) electrons. The zero-order valence-electron chi connectivity index (χ0n) is 27.9. The van der Waals surface area contributed by atoms with Crippen molar-refractivity contribution in [2.24, 2.45) is 0 Å². The molecule has 3 aliphatic rings. The van der Waals surface area contributed by atoms with Crippen molar-refractivity contribution in [2.45, 2.75) is 100 Å². The number of ether oxygens (including phenoxy) is 3. The smallest absolute Gasteiger partial charge is 0.396 e. The third kappa shape index (κ3) is 8.00. The highest BCUT2D eigenvalue weighted by Gasteiger charge is 2.64. The molecule has 5 heterocycles. The van der Waals surface area contributed by atoms with Crippen molar-refractivity contribution in [1.82, 2.24) is 9.29 Å². The minimum Gasteiger partial charge on any atom is -0.396 e. The molecule has 2 saturated heterocycles. The summed E-state index contributed by atoms with van der Waals surface area (Å²) in [7, 11) is -0.590. The number of thioether (sulfide) groups is 1. The summed E-state index contributed by atoms with van der Waals surface area (Å²) >= 11 is 1.94. The van der Waals surface area contributed by atoms with Gasteiger partial charge in [0.25, 0.3) is 0 Å². The van der Waals surface area contributed by atoms with Crippen molar-refractivity contribution in [1.29, 1.82) is 0 Å². The van der Waals surface area contributed by atoms with Crippen LogP contribution in [0, 0.1) is 6.92 Å². The summed E-state index contributed by atoms with van der Waals surface area (Å²) < 4.78 is 41.3. The van der Waals surface area contributed by atoms with Gasteiger partial charge in [-0.15, -0.1) is 11.3 Å². The van der Waals surface area contributed by atoms with Gasteiger partial charge in [-0.3, -0.25) is 18.7 Å². The molecule has 266 valence electrons. The SMILES string of the molecule is COC1CCO[C@H](O[C@@H]2/C=C(/C)CC[C@]3([C@@](C)(O)C(=O)SCc4oc(=O)oc4C)CC(=O)N([C@H](C)c4nc(cs4)/C=C\C=C/C2=O)S3=O)C1. The molecule has 5 rings (SSSR count). The Bertz CT molecular complexity index is 1740. The Kier molecular flexibility index (Phi) is 11.8. The van der Waals surface area contributed by atoms with Gasteiger partial charge in [0.2, 0.25) is 11.0 Å². The number of aromatic nitrogens is 1. The lowest BCUT2D eigenvalue weighted by atomic mass is 9.81. The van der Waals surface area contributed by atoms with Crippen LogP contribution in [0.5, 0.6) is 0 Å². The Morgan fingerprint density at radius 3 is 2.71 bits per heavy atom. The minimum absolute atomic E-state index is 0.0525. The van der Waals surface area contributed by atoms with Crippen LogP contribution in [0.2, 0.25) is 0 Å². The standard InChI is InChI=1S/C33H40N2O11S3/c1-19-10-12-33(32(4,40)30(38)48-18-26-21(3)44-31(39)46-26)16-27(37)35(49(33)41)20(2)29-34-22(17-47-29)8-6-7-9-24(36)25(14-19)45-28-15-23(42-5)11-13-43-28/h6-9,14,17,20,23,25,28,40H,10-13,15-16,18H2,1-5H3/b8-6-,9-7-,19-14-/t20-,23?,25-,28-,32+,33-,49?/m1/s1. The lowest BCUT2D eigenvalue weighted by molar-refractivity contribution is -0.201. The second-order valence-electron chi connectivity index (χ2n) is 12.4. The lowest BCUT2D eigenvalue weighted by Crippen LogP contribution is -2.58. The zero-order chi connectivity index (χ0) is 35.5. The molecule has 2 aromatic heterocycles. The lowest BCUT2D eigenvalue weighted by Gasteiger charge is -2.40. The Balaban J connectivity index is 1.51. The number of nitrogens with zero attached hydrogens (tertiary/aromatic N) is 2. The Hall–Kier alpha value is -2.99. The predicted molar refractivity (Wildman–Crippen MR) is 183 cm³/mol. The summed E-state index contributed by atoms with van der Waals surface area (Å²) in [5.41, 5.74) is -1.07. The molecule has 49 heavy (non-hydrogen) atoms. The number of methoxy groups -OCH3 is 1. The van der Waals surface area contributed by atoms with Crippen LogP contribution < -0.4 is 5.82 Å². The third-order valence-electron chi connectivity index (χ3n) is 9.01. The normalized spacial score (nSPS) is 31.8. The number of fused-ring (bicyclic) bond motifs is 4. The molecule has 0 aromatic carbocycles. The van der Waals surface area contributed by atoms with Gasteiger partial charge in [-0.1, -0.05) is 29.5 Å². The molecule has 7 atom stereocenters. The summed E-state index contributed by atoms with van der Waals surface area (Å²) in [6.45, 7) is 6.65. The highest BCUT2D eigenvalue weighted by atomic mass is 32.2. The zero-order valence-corrected chi connectivity index (χ0v) is 30.3. The number of hydrogen-bond acceptors (Lipinski definition) is 14. The summed E-state index contributed by atoms with van der Waals surface area (Å²) in [5.74, 6) is -1.57. The Morgan fingerprint density at radius 2 is 2.00 bits per heavy atom. The van der Waals surface area contributed by atoms with E-state index in [-0.39, 0.29) is 48.4 Å². The molecule has 0 spiro atoms. The van der Waals surface area contributed by atoms with Gasteiger partial charge in [-0.2, -0.15) is 0 Å². The van der Waals surface area contributed by atoms with Crippen LogP contribution in [-0.2, 0) is 45.3 Å². The topological polar surface area (TPSA) is 176 Å². The molecule has 1 amide bonds. The average molecular weight is 737 g/mol. The monoisotopic (exact) mass is 736 g/mol. The number of ketones is 1. The van der Waals surface area contributed by atoms with E-state index in [1.165, 1.54) is 35.6 Å². The highest BCUT2D eigenvalue weighted by Crippen LogP contribution is 2.48. The molecule has 4 bridgehead atoms. The molecule has 13 nitrogen and oxygen atoms in total. The van der Waals surface area contributed by atoms with E-state index in [1.807, 2.05) is 0 Å². The number of allylic oxidation sites excluding steroid dienone is 3. The van der Waals surface area contributed by atoms with Gasteiger partial charge >= 0.3 is 5.82 Å². The van der Waals surface area contributed by atoms with E-state index in [0.717, 1.165) is 0 Å².